The molecule has 14 heavy (non-hydrogen) atoms. The van der Waals surface area contributed by atoms with Gasteiger partial charge in [-0.15, -0.1) is 0 Å². The first-order chi connectivity index (χ1) is 6.38. The highest BCUT2D eigenvalue weighted by molar-refractivity contribution is 9.11. The molecule has 0 aliphatic heterocycles. The molecule has 0 saturated heterocycles. The lowest BCUT2D eigenvalue weighted by molar-refractivity contribution is 0.587. The third-order valence-corrected chi connectivity index (χ3v) is 5.25. The Morgan fingerprint density at radius 3 is 1.93 bits per heavy atom. The van der Waals surface area contributed by atoms with E-state index < -0.39 is 10.0 Å². The van der Waals surface area contributed by atoms with Crippen LogP contribution < -0.4 is 4.72 Å². The predicted molar refractivity (Wildman–Crippen MR) is 65.8 cm³/mol. The number of rotatable bonds is 2. The van der Waals surface area contributed by atoms with Crippen LogP contribution in [-0.2, 0) is 10.0 Å². The molecule has 1 N–H and O–H groups in total. The number of hydrogen-bond donors (Lipinski definition) is 1. The predicted octanol–water partition coefficient (Wildman–Crippen LogP) is 2.88. The molecule has 0 bridgehead atoms. The molecule has 1 aromatic rings. The Balaban J connectivity index is 3.51. The van der Waals surface area contributed by atoms with Gasteiger partial charge in [-0.2, -0.15) is 0 Å². The van der Waals surface area contributed by atoms with Crippen LogP contribution in [0.2, 0.25) is 0 Å². The molecule has 1 rings (SSSR count). The van der Waals surface area contributed by atoms with Crippen molar-refractivity contribution in [1.29, 1.82) is 0 Å². The summed E-state index contributed by atoms with van der Waals surface area (Å²) in [5, 5.41) is 0. The third-order valence-electron chi connectivity index (χ3n) is 1.50. The first kappa shape index (κ1) is 12.6. The van der Waals surface area contributed by atoms with Gasteiger partial charge in [0.1, 0.15) is 4.90 Å². The summed E-state index contributed by atoms with van der Waals surface area (Å²) < 4.78 is 27.2. The van der Waals surface area contributed by atoms with Crippen molar-refractivity contribution < 1.29 is 8.42 Å². The van der Waals surface area contributed by atoms with Crippen molar-refractivity contribution in [1.82, 2.24) is 4.72 Å². The number of hydrogen-bond acceptors (Lipinski definition) is 2. The van der Waals surface area contributed by atoms with Crippen LogP contribution in [0.1, 0.15) is 0 Å². The second-order valence-electron chi connectivity index (χ2n) is 2.41. The fourth-order valence-electron chi connectivity index (χ4n) is 0.888. The summed E-state index contributed by atoms with van der Waals surface area (Å²) in [4.78, 5) is 0.197. The molecule has 0 aliphatic carbocycles. The minimum Gasteiger partial charge on any atom is -0.214 e. The summed E-state index contributed by atoms with van der Waals surface area (Å²) in [5.74, 6) is 0. The first-order valence-electron chi connectivity index (χ1n) is 3.46. The fourth-order valence-corrected chi connectivity index (χ4v) is 5.26. The highest BCUT2D eigenvalue weighted by Crippen LogP contribution is 2.32. The van der Waals surface area contributed by atoms with Gasteiger partial charge in [0.15, 0.2) is 0 Å². The Morgan fingerprint density at radius 2 is 1.57 bits per heavy atom. The first-order valence-corrected chi connectivity index (χ1v) is 7.33. The van der Waals surface area contributed by atoms with Crippen LogP contribution >= 0.6 is 47.8 Å². The average Bonchev–Trinajstić information content (AvgIpc) is 2.01. The lowest BCUT2D eigenvalue weighted by Crippen LogP contribution is -2.19. The lowest BCUT2D eigenvalue weighted by Gasteiger charge is -2.07. The molecule has 0 spiro atoms. The Morgan fingerprint density at radius 1 is 1.14 bits per heavy atom. The zero-order valence-corrected chi connectivity index (χ0v) is 12.6. The smallest absolute Gasteiger partial charge is 0.214 e. The van der Waals surface area contributed by atoms with Gasteiger partial charge in [-0.1, -0.05) is 15.9 Å². The molecule has 0 heterocycles. The molecule has 0 atom stereocenters. The van der Waals surface area contributed by atoms with E-state index in [1.807, 2.05) is 0 Å². The van der Waals surface area contributed by atoms with Crippen molar-refractivity contribution in [2.75, 3.05) is 7.05 Å². The minimum atomic E-state index is -3.44. The van der Waals surface area contributed by atoms with Crippen LogP contribution in [0.3, 0.4) is 0 Å². The van der Waals surface area contributed by atoms with E-state index >= 15 is 0 Å². The molecule has 0 amide bonds. The van der Waals surface area contributed by atoms with Gasteiger partial charge in [-0.3, -0.25) is 0 Å². The Labute approximate surface area is 108 Å². The molecule has 0 fully saturated rings. The minimum absolute atomic E-state index is 0.197. The maximum absolute atomic E-state index is 11.6. The number of nitrogens with one attached hydrogen (secondary N) is 1. The topological polar surface area (TPSA) is 46.2 Å². The number of halogens is 3. The molecule has 78 valence electrons. The number of benzene rings is 1. The lowest BCUT2D eigenvalue weighted by atomic mass is 10.4. The summed E-state index contributed by atoms with van der Waals surface area (Å²) >= 11 is 9.65. The third kappa shape index (κ3) is 2.57. The molecule has 0 aromatic heterocycles. The van der Waals surface area contributed by atoms with Gasteiger partial charge >= 0.3 is 0 Å². The van der Waals surface area contributed by atoms with E-state index in [4.69, 9.17) is 0 Å². The zero-order chi connectivity index (χ0) is 10.9. The van der Waals surface area contributed by atoms with Gasteiger partial charge in [-0.25, -0.2) is 13.1 Å². The SMILES string of the molecule is CNS(=O)(=O)c1c(Br)cc(Br)cc1Br. The second-order valence-corrected chi connectivity index (χ2v) is 6.85. The summed E-state index contributed by atoms with van der Waals surface area (Å²) in [6.45, 7) is 0. The van der Waals surface area contributed by atoms with Gasteiger partial charge in [-0.05, 0) is 51.0 Å². The van der Waals surface area contributed by atoms with E-state index in [1.165, 1.54) is 7.05 Å². The van der Waals surface area contributed by atoms with Crippen molar-refractivity contribution in [2.45, 2.75) is 4.90 Å². The molecule has 1 aromatic carbocycles. The van der Waals surface area contributed by atoms with Crippen LogP contribution in [0.5, 0.6) is 0 Å². The second kappa shape index (κ2) is 4.61. The van der Waals surface area contributed by atoms with Gasteiger partial charge < -0.3 is 0 Å². The Hall–Kier alpha value is 0.570. The monoisotopic (exact) mass is 405 g/mol. The van der Waals surface area contributed by atoms with E-state index in [9.17, 15) is 8.42 Å². The Bertz CT molecular complexity index is 435. The van der Waals surface area contributed by atoms with Crippen LogP contribution in [0.25, 0.3) is 0 Å². The van der Waals surface area contributed by atoms with Crippen molar-refractivity contribution in [3.63, 3.8) is 0 Å². The zero-order valence-electron chi connectivity index (χ0n) is 7.01. The molecule has 3 nitrogen and oxygen atoms in total. The molecule has 0 unspecified atom stereocenters. The quantitative estimate of drug-likeness (QED) is 0.819. The van der Waals surface area contributed by atoms with E-state index in [1.54, 1.807) is 12.1 Å². The van der Waals surface area contributed by atoms with Crippen molar-refractivity contribution in [2.24, 2.45) is 0 Å². The normalized spacial score (nSPS) is 11.7. The van der Waals surface area contributed by atoms with Crippen LogP contribution in [0.4, 0.5) is 0 Å². The Kier molecular flexibility index (Phi) is 4.16. The summed E-state index contributed by atoms with van der Waals surface area (Å²) in [5.41, 5.74) is 0. The van der Waals surface area contributed by atoms with Crippen molar-refractivity contribution in [3.05, 3.63) is 25.6 Å². The standard InChI is InChI=1S/C7H6Br3NO2S/c1-11-14(12,13)7-5(9)2-4(8)3-6(7)10/h2-3,11H,1H3. The molecule has 0 radical (unpaired) electrons. The van der Waals surface area contributed by atoms with E-state index in [0.29, 0.717) is 8.95 Å². The van der Waals surface area contributed by atoms with E-state index in [0.717, 1.165) is 4.47 Å². The van der Waals surface area contributed by atoms with Gasteiger partial charge in [0.2, 0.25) is 10.0 Å². The maximum Gasteiger partial charge on any atom is 0.242 e. The molecular formula is C7H6Br3NO2S. The molecular weight excluding hydrogens is 402 g/mol. The van der Waals surface area contributed by atoms with Crippen LogP contribution in [0.15, 0.2) is 30.4 Å². The highest BCUT2D eigenvalue weighted by atomic mass is 79.9. The van der Waals surface area contributed by atoms with Crippen LogP contribution in [0, 0.1) is 0 Å². The number of sulfonamides is 1. The summed E-state index contributed by atoms with van der Waals surface area (Å²) in [6.07, 6.45) is 0. The maximum atomic E-state index is 11.6. The summed E-state index contributed by atoms with van der Waals surface area (Å²) in [6, 6.07) is 3.35. The van der Waals surface area contributed by atoms with Gasteiger partial charge in [0.05, 0.1) is 0 Å². The molecule has 0 aliphatic rings. The van der Waals surface area contributed by atoms with Gasteiger partial charge in [0.25, 0.3) is 0 Å². The van der Waals surface area contributed by atoms with Crippen molar-refractivity contribution >= 4 is 57.8 Å². The van der Waals surface area contributed by atoms with Crippen LogP contribution in [-0.4, -0.2) is 15.5 Å². The molecule has 7 heteroatoms. The van der Waals surface area contributed by atoms with E-state index in [2.05, 4.69) is 52.5 Å². The highest BCUT2D eigenvalue weighted by Gasteiger charge is 2.19. The summed E-state index contributed by atoms with van der Waals surface area (Å²) in [7, 11) is -2.07. The largest absolute Gasteiger partial charge is 0.242 e. The van der Waals surface area contributed by atoms with E-state index in [-0.39, 0.29) is 4.90 Å². The van der Waals surface area contributed by atoms with Crippen molar-refractivity contribution in [3.8, 4) is 0 Å². The average molecular weight is 408 g/mol. The fraction of sp³-hybridized carbons (Fsp3) is 0.143. The molecule has 0 saturated carbocycles. The van der Waals surface area contributed by atoms with Gasteiger partial charge in [0, 0.05) is 13.4 Å².